The number of rotatable bonds is 2. The number of benzene rings is 1. The van der Waals surface area contributed by atoms with Crippen LogP contribution in [0.3, 0.4) is 0 Å². The molecule has 0 aliphatic carbocycles. The number of halogens is 2. The van der Waals surface area contributed by atoms with Gasteiger partial charge in [0.25, 0.3) is 5.91 Å². The second-order valence-electron chi connectivity index (χ2n) is 4.65. The number of amides is 1. The van der Waals surface area contributed by atoms with E-state index in [-0.39, 0.29) is 11.6 Å². The highest BCUT2D eigenvalue weighted by atomic mass is 19.2. The van der Waals surface area contributed by atoms with Crippen molar-refractivity contribution in [2.24, 2.45) is 5.92 Å². The van der Waals surface area contributed by atoms with Crippen molar-refractivity contribution in [2.45, 2.75) is 19.4 Å². The van der Waals surface area contributed by atoms with Crippen LogP contribution in [-0.2, 0) is 0 Å². The predicted molar refractivity (Wildman–Crippen MR) is 64.3 cm³/mol. The van der Waals surface area contributed by atoms with Gasteiger partial charge in [0.1, 0.15) is 0 Å². The summed E-state index contributed by atoms with van der Waals surface area (Å²) < 4.78 is 26.5. The average Bonchev–Trinajstić information content (AvgIpc) is 2.35. The lowest BCUT2D eigenvalue weighted by Gasteiger charge is -2.30. The fourth-order valence-corrected chi connectivity index (χ4v) is 2.11. The molecule has 1 saturated heterocycles. The van der Waals surface area contributed by atoms with E-state index in [0.717, 1.165) is 19.0 Å². The number of hydrogen-bond donors (Lipinski definition) is 2. The Bertz CT molecular complexity index is 451. The predicted octanol–water partition coefficient (Wildman–Crippen LogP) is 1.69. The topological polar surface area (TPSA) is 41.1 Å². The molecule has 98 valence electrons. The SMILES string of the molecule is C[C@@H]1CCNC[C@@H]1NC(=O)c1cccc(F)c1F. The van der Waals surface area contributed by atoms with Gasteiger partial charge in [-0.3, -0.25) is 4.79 Å². The Morgan fingerprint density at radius 3 is 2.94 bits per heavy atom. The summed E-state index contributed by atoms with van der Waals surface area (Å²) >= 11 is 0. The van der Waals surface area contributed by atoms with Gasteiger partial charge in [-0.05, 0) is 31.0 Å². The number of nitrogens with one attached hydrogen (secondary N) is 2. The minimum Gasteiger partial charge on any atom is -0.348 e. The van der Waals surface area contributed by atoms with Crippen LogP contribution in [0, 0.1) is 17.6 Å². The molecular formula is C13H16F2N2O. The highest BCUT2D eigenvalue weighted by molar-refractivity contribution is 5.94. The van der Waals surface area contributed by atoms with Crippen LogP contribution in [0.15, 0.2) is 18.2 Å². The molecule has 1 aromatic carbocycles. The monoisotopic (exact) mass is 254 g/mol. The van der Waals surface area contributed by atoms with Crippen LogP contribution in [0.1, 0.15) is 23.7 Å². The van der Waals surface area contributed by atoms with Crippen LogP contribution in [0.5, 0.6) is 0 Å². The number of carbonyl (C=O) groups is 1. The number of hydrogen-bond acceptors (Lipinski definition) is 2. The van der Waals surface area contributed by atoms with Crippen molar-refractivity contribution in [1.29, 1.82) is 0 Å². The van der Waals surface area contributed by atoms with Crippen LogP contribution in [0.4, 0.5) is 8.78 Å². The molecule has 0 unspecified atom stereocenters. The Balaban J connectivity index is 2.09. The third kappa shape index (κ3) is 2.67. The molecule has 0 bridgehead atoms. The Morgan fingerprint density at radius 1 is 1.44 bits per heavy atom. The fraction of sp³-hybridized carbons (Fsp3) is 0.462. The van der Waals surface area contributed by atoms with E-state index in [2.05, 4.69) is 10.6 Å². The van der Waals surface area contributed by atoms with Gasteiger partial charge < -0.3 is 10.6 Å². The van der Waals surface area contributed by atoms with Crippen molar-refractivity contribution < 1.29 is 13.6 Å². The first-order chi connectivity index (χ1) is 8.59. The molecule has 0 radical (unpaired) electrons. The summed E-state index contributed by atoms with van der Waals surface area (Å²) in [5.41, 5.74) is -0.243. The molecule has 2 N–H and O–H groups in total. The van der Waals surface area contributed by atoms with Crippen molar-refractivity contribution in [3.63, 3.8) is 0 Å². The van der Waals surface area contributed by atoms with Crippen molar-refractivity contribution in [3.05, 3.63) is 35.4 Å². The van der Waals surface area contributed by atoms with E-state index in [4.69, 9.17) is 0 Å². The summed E-state index contributed by atoms with van der Waals surface area (Å²) in [4.78, 5) is 11.9. The zero-order chi connectivity index (χ0) is 13.1. The standard InChI is InChI=1S/C13H16F2N2O/c1-8-5-6-16-7-11(8)17-13(18)9-3-2-4-10(14)12(9)15/h2-4,8,11,16H,5-7H2,1H3,(H,17,18)/t8-,11+/m1/s1. The lowest BCUT2D eigenvalue weighted by Crippen LogP contribution is -2.50. The smallest absolute Gasteiger partial charge is 0.254 e. The second kappa shape index (κ2) is 5.44. The number of carbonyl (C=O) groups excluding carboxylic acids is 1. The fourth-order valence-electron chi connectivity index (χ4n) is 2.11. The largest absolute Gasteiger partial charge is 0.348 e. The first kappa shape index (κ1) is 13.0. The minimum atomic E-state index is -1.09. The zero-order valence-electron chi connectivity index (χ0n) is 10.2. The van der Waals surface area contributed by atoms with Gasteiger partial charge in [0.15, 0.2) is 11.6 Å². The molecule has 1 aromatic rings. The molecular weight excluding hydrogens is 238 g/mol. The van der Waals surface area contributed by atoms with Crippen molar-refractivity contribution in [1.82, 2.24) is 10.6 Å². The van der Waals surface area contributed by atoms with Crippen LogP contribution < -0.4 is 10.6 Å². The maximum Gasteiger partial charge on any atom is 0.254 e. The molecule has 2 atom stereocenters. The molecule has 0 spiro atoms. The van der Waals surface area contributed by atoms with E-state index < -0.39 is 17.5 Å². The third-order valence-electron chi connectivity index (χ3n) is 3.34. The average molecular weight is 254 g/mol. The molecule has 0 aromatic heterocycles. The Kier molecular flexibility index (Phi) is 3.91. The van der Waals surface area contributed by atoms with Gasteiger partial charge in [-0.2, -0.15) is 0 Å². The maximum atomic E-state index is 13.5. The lowest BCUT2D eigenvalue weighted by molar-refractivity contribution is 0.0910. The van der Waals surface area contributed by atoms with Gasteiger partial charge in [-0.1, -0.05) is 13.0 Å². The summed E-state index contributed by atoms with van der Waals surface area (Å²) in [6.07, 6.45) is 0.955. The Hall–Kier alpha value is -1.49. The van der Waals surface area contributed by atoms with E-state index >= 15 is 0 Å². The van der Waals surface area contributed by atoms with Crippen LogP contribution in [0.2, 0.25) is 0 Å². The molecule has 1 amide bonds. The van der Waals surface area contributed by atoms with E-state index in [0.29, 0.717) is 12.5 Å². The molecule has 2 rings (SSSR count). The quantitative estimate of drug-likeness (QED) is 0.843. The van der Waals surface area contributed by atoms with Gasteiger partial charge in [0.05, 0.1) is 5.56 Å². The first-order valence-corrected chi connectivity index (χ1v) is 6.05. The zero-order valence-corrected chi connectivity index (χ0v) is 10.2. The molecule has 1 fully saturated rings. The van der Waals surface area contributed by atoms with E-state index in [1.54, 1.807) is 0 Å². The van der Waals surface area contributed by atoms with Gasteiger partial charge in [0, 0.05) is 12.6 Å². The third-order valence-corrected chi connectivity index (χ3v) is 3.34. The van der Waals surface area contributed by atoms with Crippen molar-refractivity contribution in [3.8, 4) is 0 Å². The molecule has 1 aliphatic rings. The highest BCUT2D eigenvalue weighted by Gasteiger charge is 2.24. The van der Waals surface area contributed by atoms with Crippen molar-refractivity contribution >= 4 is 5.91 Å². The van der Waals surface area contributed by atoms with E-state index in [1.807, 2.05) is 6.92 Å². The summed E-state index contributed by atoms with van der Waals surface area (Å²) in [6, 6.07) is 3.57. The van der Waals surface area contributed by atoms with Crippen LogP contribution in [0.25, 0.3) is 0 Å². The van der Waals surface area contributed by atoms with Gasteiger partial charge in [-0.15, -0.1) is 0 Å². The maximum absolute atomic E-state index is 13.5. The van der Waals surface area contributed by atoms with Gasteiger partial charge in [0.2, 0.25) is 0 Å². The minimum absolute atomic E-state index is 0.0473. The molecule has 3 nitrogen and oxygen atoms in total. The Morgan fingerprint density at radius 2 is 2.22 bits per heavy atom. The second-order valence-corrected chi connectivity index (χ2v) is 4.65. The summed E-state index contributed by atoms with van der Waals surface area (Å²) in [5.74, 6) is -2.33. The van der Waals surface area contributed by atoms with E-state index in [1.165, 1.54) is 12.1 Å². The molecule has 1 aliphatic heterocycles. The summed E-state index contributed by atoms with van der Waals surface area (Å²) in [5, 5.41) is 5.91. The number of piperidine rings is 1. The normalized spacial score (nSPS) is 23.7. The molecule has 1 heterocycles. The van der Waals surface area contributed by atoms with E-state index in [9.17, 15) is 13.6 Å². The lowest BCUT2D eigenvalue weighted by atomic mass is 9.94. The van der Waals surface area contributed by atoms with Gasteiger partial charge in [-0.25, -0.2) is 8.78 Å². The van der Waals surface area contributed by atoms with Crippen molar-refractivity contribution in [2.75, 3.05) is 13.1 Å². The Labute approximate surface area is 105 Å². The molecule has 18 heavy (non-hydrogen) atoms. The van der Waals surface area contributed by atoms with Gasteiger partial charge >= 0.3 is 0 Å². The first-order valence-electron chi connectivity index (χ1n) is 6.05. The van der Waals surface area contributed by atoms with Crippen LogP contribution >= 0.6 is 0 Å². The van der Waals surface area contributed by atoms with Crippen LogP contribution in [-0.4, -0.2) is 25.0 Å². The molecule has 0 saturated carbocycles. The summed E-state index contributed by atoms with van der Waals surface area (Å²) in [6.45, 7) is 3.61. The highest BCUT2D eigenvalue weighted by Crippen LogP contribution is 2.14. The molecule has 5 heteroatoms. The summed E-state index contributed by atoms with van der Waals surface area (Å²) in [7, 11) is 0.